The highest BCUT2D eigenvalue weighted by Gasteiger charge is 2.21. The molecule has 2 N–H and O–H groups in total. The summed E-state index contributed by atoms with van der Waals surface area (Å²) in [5.41, 5.74) is 0.838. The first-order valence-electron chi connectivity index (χ1n) is 7.25. The average molecular weight is 330 g/mol. The highest BCUT2D eigenvalue weighted by molar-refractivity contribution is 6.32. The summed E-state index contributed by atoms with van der Waals surface area (Å²) in [6.45, 7) is 7.92. The Labute approximate surface area is 136 Å². The Hall–Kier alpha value is -1.46. The number of nitrogens with one attached hydrogen (secondary N) is 1. The topological polar surface area (TPSA) is 67.8 Å². The first-order valence-corrected chi connectivity index (χ1v) is 7.63. The van der Waals surface area contributed by atoms with Crippen LogP contribution in [0.4, 0.5) is 0 Å². The molecule has 124 valence electrons. The van der Waals surface area contributed by atoms with Crippen molar-refractivity contribution in [2.75, 3.05) is 7.11 Å². The molecule has 0 saturated carbocycles. The van der Waals surface area contributed by atoms with E-state index in [1.54, 1.807) is 19.2 Å². The zero-order valence-corrected chi connectivity index (χ0v) is 14.4. The second kappa shape index (κ2) is 8.25. The van der Waals surface area contributed by atoms with Crippen LogP contribution in [0.1, 0.15) is 33.3 Å². The van der Waals surface area contributed by atoms with Crippen molar-refractivity contribution >= 4 is 17.6 Å². The number of carboxylic acid groups (broad SMARTS) is 1. The molecule has 1 atom stereocenters. The van der Waals surface area contributed by atoms with Gasteiger partial charge in [-0.1, -0.05) is 25.4 Å². The third kappa shape index (κ3) is 5.07. The molecule has 0 amide bonds. The van der Waals surface area contributed by atoms with Gasteiger partial charge in [0.15, 0.2) is 11.5 Å². The fourth-order valence-corrected chi connectivity index (χ4v) is 2.34. The van der Waals surface area contributed by atoms with E-state index in [-0.39, 0.29) is 12.0 Å². The second-order valence-corrected chi connectivity index (χ2v) is 6.12. The maximum absolute atomic E-state index is 11.2. The minimum Gasteiger partial charge on any atom is -0.493 e. The van der Waals surface area contributed by atoms with E-state index in [9.17, 15) is 9.90 Å². The predicted octanol–water partition coefficient (Wildman–Crippen LogP) is 3.33. The van der Waals surface area contributed by atoms with E-state index in [4.69, 9.17) is 21.1 Å². The summed E-state index contributed by atoms with van der Waals surface area (Å²) in [7, 11) is 1.55. The van der Waals surface area contributed by atoms with Crippen LogP contribution in [-0.4, -0.2) is 30.3 Å². The van der Waals surface area contributed by atoms with Gasteiger partial charge in [0, 0.05) is 6.54 Å². The molecule has 0 saturated heterocycles. The number of hydrogen-bond donors (Lipinski definition) is 2. The van der Waals surface area contributed by atoms with Crippen LogP contribution >= 0.6 is 11.6 Å². The zero-order valence-electron chi connectivity index (χ0n) is 13.6. The van der Waals surface area contributed by atoms with Gasteiger partial charge in [0.05, 0.1) is 18.2 Å². The van der Waals surface area contributed by atoms with Crippen LogP contribution in [0.5, 0.6) is 11.5 Å². The monoisotopic (exact) mass is 329 g/mol. The van der Waals surface area contributed by atoms with Crippen LogP contribution < -0.4 is 14.8 Å². The van der Waals surface area contributed by atoms with Crippen molar-refractivity contribution < 1.29 is 19.4 Å². The highest BCUT2D eigenvalue weighted by Crippen LogP contribution is 2.37. The molecule has 0 bridgehead atoms. The van der Waals surface area contributed by atoms with Gasteiger partial charge in [-0.05, 0) is 37.5 Å². The number of hydrogen-bond acceptors (Lipinski definition) is 4. The Bertz CT molecular complexity index is 517. The first-order chi connectivity index (χ1) is 10.3. The molecule has 0 fully saturated rings. The van der Waals surface area contributed by atoms with Gasteiger partial charge < -0.3 is 19.9 Å². The molecule has 1 unspecified atom stereocenters. The smallest absolute Gasteiger partial charge is 0.320 e. The van der Waals surface area contributed by atoms with Crippen LogP contribution in [-0.2, 0) is 11.3 Å². The number of rotatable bonds is 8. The van der Waals surface area contributed by atoms with Crippen molar-refractivity contribution in [3.8, 4) is 11.5 Å². The molecule has 0 aliphatic rings. The van der Waals surface area contributed by atoms with E-state index in [1.807, 2.05) is 27.7 Å². The second-order valence-electron chi connectivity index (χ2n) is 5.72. The normalized spacial score (nSPS) is 12.5. The van der Waals surface area contributed by atoms with Crippen LogP contribution in [0.2, 0.25) is 5.02 Å². The summed E-state index contributed by atoms with van der Waals surface area (Å²) >= 11 is 6.25. The highest BCUT2D eigenvalue weighted by atomic mass is 35.5. The van der Waals surface area contributed by atoms with Gasteiger partial charge in [0.2, 0.25) is 0 Å². The molecule has 0 aliphatic carbocycles. The minimum absolute atomic E-state index is 0.0154. The molecule has 0 spiro atoms. The molecule has 1 rings (SSSR count). The van der Waals surface area contributed by atoms with Crippen molar-refractivity contribution in [3.63, 3.8) is 0 Å². The Kier molecular flexibility index (Phi) is 6.97. The molecule has 1 aromatic carbocycles. The number of carboxylic acids is 1. The van der Waals surface area contributed by atoms with Gasteiger partial charge in [-0.25, -0.2) is 0 Å². The van der Waals surface area contributed by atoms with Crippen molar-refractivity contribution in [3.05, 3.63) is 22.7 Å². The molecule has 5 nitrogen and oxygen atoms in total. The number of halogens is 1. The molecule has 0 aromatic heterocycles. The Balaban J connectivity index is 2.93. The van der Waals surface area contributed by atoms with Crippen molar-refractivity contribution in [1.82, 2.24) is 5.32 Å². The Morgan fingerprint density at radius 1 is 1.32 bits per heavy atom. The van der Waals surface area contributed by atoms with E-state index in [2.05, 4.69) is 5.32 Å². The van der Waals surface area contributed by atoms with Crippen molar-refractivity contribution in [2.45, 2.75) is 46.4 Å². The minimum atomic E-state index is -0.868. The summed E-state index contributed by atoms with van der Waals surface area (Å²) in [5, 5.41) is 12.7. The summed E-state index contributed by atoms with van der Waals surface area (Å²) in [5.74, 6) is 0.155. The lowest BCUT2D eigenvalue weighted by Gasteiger charge is -2.19. The van der Waals surface area contributed by atoms with E-state index in [0.717, 1.165) is 5.56 Å². The SMILES string of the molecule is COc1cc(CNC(C(=O)O)C(C)C)cc(Cl)c1OC(C)C. The zero-order chi connectivity index (χ0) is 16.9. The van der Waals surface area contributed by atoms with E-state index in [0.29, 0.717) is 23.1 Å². The van der Waals surface area contributed by atoms with E-state index < -0.39 is 12.0 Å². The molecule has 6 heteroatoms. The van der Waals surface area contributed by atoms with Crippen molar-refractivity contribution in [1.29, 1.82) is 0 Å². The van der Waals surface area contributed by atoms with E-state index >= 15 is 0 Å². The maximum atomic E-state index is 11.2. The molecule has 0 heterocycles. The number of carbonyl (C=O) groups is 1. The molecule has 0 radical (unpaired) electrons. The quantitative estimate of drug-likeness (QED) is 0.765. The van der Waals surface area contributed by atoms with Gasteiger partial charge in [0.25, 0.3) is 0 Å². The fraction of sp³-hybridized carbons (Fsp3) is 0.562. The summed E-state index contributed by atoms with van der Waals surface area (Å²) < 4.78 is 11.0. The van der Waals surface area contributed by atoms with Gasteiger partial charge in [-0.3, -0.25) is 4.79 Å². The Morgan fingerprint density at radius 2 is 1.95 bits per heavy atom. The number of benzene rings is 1. The molecular weight excluding hydrogens is 306 g/mol. The standard InChI is InChI=1S/C16H24ClNO4/c1-9(2)14(16(19)20)18-8-11-6-12(17)15(22-10(3)4)13(7-11)21-5/h6-7,9-10,14,18H,8H2,1-5H3,(H,19,20). The van der Waals surface area contributed by atoms with Gasteiger partial charge in [-0.2, -0.15) is 0 Å². The van der Waals surface area contributed by atoms with Crippen LogP contribution in [0, 0.1) is 5.92 Å². The van der Waals surface area contributed by atoms with Crippen LogP contribution in [0.15, 0.2) is 12.1 Å². The molecular formula is C16H24ClNO4. The van der Waals surface area contributed by atoms with Crippen molar-refractivity contribution in [2.24, 2.45) is 5.92 Å². The first kappa shape index (κ1) is 18.6. The molecule has 22 heavy (non-hydrogen) atoms. The molecule has 0 aliphatic heterocycles. The summed E-state index contributed by atoms with van der Waals surface area (Å²) in [4.78, 5) is 11.2. The van der Waals surface area contributed by atoms with Gasteiger partial charge in [-0.15, -0.1) is 0 Å². The maximum Gasteiger partial charge on any atom is 0.320 e. The fourth-order valence-electron chi connectivity index (χ4n) is 2.06. The number of aliphatic carboxylic acids is 1. The van der Waals surface area contributed by atoms with E-state index in [1.165, 1.54) is 0 Å². The van der Waals surface area contributed by atoms with Crippen LogP contribution in [0.25, 0.3) is 0 Å². The van der Waals surface area contributed by atoms with Crippen LogP contribution in [0.3, 0.4) is 0 Å². The van der Waals surface area contributed by atoms with Gasteiger partial charge >= 0.3 is 5.97 Å². The largest absolute Gasteiger partial charge is 0.493 e. The average Bonchev–Trinajstić information content (AvgIpc) is 2.40. The third-order valence-electron chi connectivity index (χ3n) is 3.10. The Morgan fingerprint density at radius 3 is 2.41 bits per heavy atom. The molecule has 1 aromatic rings. The van der Waals surface area contributed by atoms with Gasteiger partial charge in [0.1, 0.15) is 6.04 Å². The number of ether oxygens (including phenoxy) is 2. The lowest BCUT2D eigenvalue weighted by molar-refractivity contribution is -0.140. The number of methoxy groups -OCH3 is 1. The lowest BCUT2D eigenvalue weighted by atomic mass is 10.0. The lowest BCUT2D eigenvalue weighted by Crippen LogP contribution is -2.40. The summed E-state index contributed by atoms with van der Waals surface area (Å²) in [6, 6.07) is 2.94. The predicted molar refractivity (Wildman–Crippen MR) is 86.9 cm³/mol. The third-order valence-corrected chi connectivity index (χ3v) is 3.38. The summed E-state index contributed by atoms with van der Waals surface area (Å²) in [6.07, 6.45) is -0.0206.